The molecule has 0 aliphatic carbocycles. The van der Waals surface area contributed by atoms with Crippen molar-refractivity contribution in [2.45, 2.75) is 40.3 Å². The van der Waals surface area contributed by atoms with Crippen molar-refractivity contribution in [1.82, 2.24) is 10.6 Å². The third kappa shape index (κ3) is 8.81. The van der Waals surface area contributed by atoms with Crippen LogP contribution in [0.4, 0.5) is 10.1 Å². The highest BCUT2D eigenvalue weighted by molar-refractivity contribution is 14.0. The van der Waals surface area contributed by atoms with Gasteiger partial charge in [0.1, 0.15) is 5.82 Å². The number of benzene rings is 2. The smallest absolute Gasteiger partial charge is 0.227 e. The number of hydrogen-bond acceptors (Lipinski definition) is 2. The number of carbonyl (C=O) groups is 1. The lowest BCUT2D eigenvalue weighted by Gasteiger charge is -2.12. The molecule has 0 aliphatic heterocycles. The van der Waals surface area contributed by atoms with Crippen LogP contribution in [0, 0.1) is 11.7 Å². The van der Waals surface area contributed by atoms with Gasteiger partial charge in [0.25, 0.3) is 0 Å². The Morgan fingerprint density at radius 3 is 2.45 bits per heavy atom. The highest BCUT2D eigenvalue weighted by Crippen LogP contribution is 2.14. The van der Waals surface area contributed by atoms with Gasteiger partial charge in [0.15, 0.2) is 5.96 Å². The van der Waals surface area contributed by atoms with Crippen molar-refractivity contribution >= 4 is 41.5 Å². The van der Waals surface area contributed by atoms with E-state index in [-0.39, 0.29) is 41.6 Å². The Balaban J connectivity index is 0.00000420. The quantitative estimate of drug-likeness (QED) is 0.273. The fraction of sp³-hybridized carbons (Fsp3) is 0.364. The molecule has 2 aromatic rings. The van der Waals surface area contributed by atoms with E-state index in [0.29, 0.717) is 19.0 Å². The van der Waals surface area contributed by atoms with Crippen LogP contribution in [0.3, 0.4) is 0 Å². The zero-order valence-electron chi connectivity index (χ0n) is 17.2. The maximum atomic E-state index is 13.0. The molecule has 0 radical (unpaired) electrons. The summed E-state index contributed by atoms with van der Waals surface area (Å²) in [5.41, 5.74) is 2.75. The van der Waals surface area contributed by atoms with E-state index >= 15 is 0 Å². The normalized spacial score (nSPS) is 11.9. The van der Waals surface area contributed by atoms with Crippen molar-refractivity contribution in [3.8, 4) is 0 Å². The summed E-state index contributed by atoms with van der Waals surface area (Å²) in [4.78, 5) is 16.7. The lowest BCUT2D eigenvalue weighted by Crippen LogP contribution is -2.36. The molecule has 29 heavy (non-hydrogen) atoms. The summed E-state index contributed by atoms with van der Waals surface area (Å²) in [6, 6.07) is 14.1. The number of amides is 1. The minimum atomic E-state index is -0.246. The van der Waals surface area contributed by atoms with Gasteiger partial charge in [-0.05, 0) is 48.7 Å². The summed E-state index contributed by atoms with van der Waals surface area (Å²) >= 11 is 0. The molecule has 3 N–H and O–H groups in total. The number of carbonyl (C=O) groups excluding carboxylic acids is 1. The topological polar surface area (TPSA) is 65.5 Å². The fourth-order valence-corrected chi connectivity index (χ4v) is 2.50. The van der Waals surface area contributed by atoms with E-state index in [1.807, 2.05) is 45.0 Å². The van der Waals surface area contributed by atoms with E-state index in [0.717, 1.165) is 29.8 Å². The van der Waals surface area contributed by atoms with Gasteiger partial charge < -0.3 is 16.0 Å². The van der Waals surface area contributed by atoms with E-state index in [1.54, 1.807) is 12.1 Å². The third-order valence-electron chi connectivity index (χ3n) is 4.39. The van der Waals surface area contributed by atoms with Gasteiger partial charge in [-0.15, -0.1) is 24.0 Å². The average Bonchev–Trinajstić information content (AvgIpc) is 2.71. The molecule has 2 rings (SSSR count). The molecular weight excluding hydrogens is 482 g/mol. The first kappa shape index (κ1) is 24.9. The van der Waals surface area contributed by atoms with Gasteiger partial charge in [0.2, 0.25) is 5.91 Å². The molecule has 0 aromatic heterocycles. The van der Waals surface area contributed by atoms with Crippen molar-refractivity contribution in [3.05, 3.63) is 65.5 Å². The molecule has 2 aromatic carbocycles. The Kier molecular flexibility index (Phi) is 11.3. The van der Waals surface area contributed by atoms with Crippen LogP contribution in [0.5, 0.6) is 0 Å². The minimum absolute atomic E-state index is 0. The largest absolute Gasteiger partial charge is 0.357 e. The second kappa shape index (κ2) is 13.1. The van der Waals surface area contributed by atoms with Crippen LogP contribution in [-0.4, -0.2) is 18.4 Å². The van der Waals surface area contributed by atoms with Crippen LogP contribution in [0.25, 0.3) is 0 Å². The van der Waals surface area contributed by atoms with Crippen LogP contribution < -0.4 is 16.0 Å². The molecule has 1 atom stereocenters. The zero-order chi connectivity index (χ0) is 20.4. The Morgan fingerprint density at radius 1 is 1.07 bits per heavy atom. The van der Waals surface area contributed by atoms with Gasteiger partial charge in [-0.3, -0.25) is 4.79 Å². The maximum Gasteiger partial charge on any atom is 0.227 e. The number of hydrogen-bond donors (Lipinski definition) is 3. The summed E-state index contributed by atoms with van der Waals surface area (Å²) < 4.78 is 13.0. The average molecular weight is 512 g/mol. The molecule has 0 aliphatic rings. The first-order chi connectivity index (χ1) is 13.5. The van der Waals surface area contributed by atoms with Crippen molar-refractivity contribution < 1.29 is 9.18 Å². The van der Waals surface area contributed by atoms with Crippen molar-refractivity contribution in [2.24, 2.45) is 10.9 Å². The Bertz CT molecular complexity index is 796. The number of guanidine groups is 1. The molecule has 0 spiro atoms. The number of rotatable bonds is 8. The SMILES string of the molecule is CCNC(=NCc1cccc(NC(=O)C(C)CC)c1)NCc1ccc(F)cc1.I. The maximum absolute atomic E-state index is 13.0. The predicted molar refractivity (Wildman–Crippen MR) is 128 cm³/mol. The van der Waals surface area contributed by atoms with Gasteiger partial charge in [-0.2, -0.15) is 0 Å². The standard InChI is InChI=1S/C22H29FN4O.HI/c1-4-16(3)21(28)27-20-8-6-7-18(13-20)15-26-22(24-5-2)25-14-17-9-11-19(23)12-10-17;/h6-13,16H,4-5,14-15H2,1-3H3,(H,27,28)(H2,24,25,26);1H. The number of halogens is 2. The second-order valence-electron chi connectivity index (χ2n) is 6.67. The molecule has 7 heteroatoms. The van der Waals surface area contributed by atoms with Gasteiger partial charge >= 0.3 is 0 Å². The number of anilines is 1. The van der Waals surface area contributed by atoms with Crippen LogP contribution in [0.2, 0.25) is 0 Å². The Labute approximate surface area is 189 Å². The van der Waals surface area contributed by atoms with E-state index in [1.165, 1.54) is 12.1 Å². The van der Waals surface area contributed by atoms with Crippen LogP contribution >= 0.6 is 24.0 Å². The van der Waals surface area contributed by atoms with Crippen molar-refractivity contribution in [3.63, 3.8) is 0 Å². The summed E-state index contributed by atoms with van der Waals surface area (Å²) in [6.07, 6.45) is 0.807. The molecule has 5 nitrogen and oxygen atoms in total. The molecule has 0 saturated heterocycles. The molecule has 1 amide bonds. The number of nitrogens with zero attached hydrogens (tertiary/aromatic N) is 1. The first-order valence-corrected chi connectivity index (χ1v) is 9.68. The predicted octanol–water partition coefficient (Wildman–Crippen LogP) is 4.68. The second-order valence-corrected chi connectivity index (χ2v) is 6.67. The molecule has 0 saturated carbocycles. The van der Waals surface area contributed by atoms with Crippen LogP contribution in [-0.2, 0) is 17.9 Å². The Hall–Kier alpha value is -2.16. The lowest BCUT2D eigenvalue weighted by molar-refractivity contribution is -0.119. The molecule has 0 bridgehead atoms. The highest BCUT2D eigenvalue weighted by Gasteiger charge is 2.10. The highest BCUT2D eigenvalue weighted by atomic mass is 127. The van der Waals surface area contributed by atoms with Gasteiger partial charge in [-0.25, -0.2) is 9.38 Å². The monoisotopic (exact) mass is 512 g/mol. The van der Waals surface area contributed by atoms with Gasteiger partial charge in [0.05, 0.1) is 6.54 Å². The summed E-state index contributed by atoms with van der Waals surface area (Å²) in [5, 5.41) is 9.39. The van der Waals surface area contributed by atoms with E-state index in [4.69, 9.17) is 0 Å². The van der Waals surface area contributed by atoms with Crippen molar-refractivity contribution in [1.29, 1.82) is 0 Å². The number of aliphatic imine (C=N–C) groups is 1. The van der Waals surface area contributed by atoms with Gasteiger partial charge in [0, 0.05) is 24.7 Å². The number of nitrogens with one attached hydrogen (secondary N) is 3. The molecule has 158 valence electrons. The van der Waals surface area contributed by atoms with Crippen molar-refractivity contribution in [2.75, 3.05) is 11.9 Å². The Morgan fingerprint density at radius 2 is 1.79 bits per heavy atom. The summed E-state index contributed by atoms with van der Waals surface area (Å²) in [7, 11) is 0. The van der Waals surface area contributed by atoms with E-state index in [9.17, 15) is 9.18 Å². The van der Waals surface area contributed by atoms with E-state index < -0.39 is 0 Å². The third-order valence-corrected chi connectivity index (χ3v) is 4.39. The van der Waals surface area contributed by atoms with E-state index in [2.05, 4.69) is 20.9 Å². The lowest BCUT2D eigenvalue weighted by atomic mass is 10.1. The van der Waals surface area contributed by atoms with Gasteiger partial charge in [-0.1, -0.05) is 38.1 Å². The molecule has 0 heterocycles. The zero-order valence-corrected chi connectivity index (χ0v) is 19.5. The summed E-state index contributed by atoms with van der Waals surface area (Å²) in [6.45, 7) is 7.68. The molecule has 1 unspecified atom stereocenters. The minimum Gasteiger partial charge on any atom is -0.357 e. The summed E-state index contributed by atoms with van der Waals surface area (Å²) in [5.74, 6) is 0.445. The first-order valence-electron chi connectivity index (χ1n) is 9.68. The van der Waals surface area contributed by atoms with Crippen LogP contribution in [0.15, 0.2) is 53.5 Å². The molecular formula is C22H30FIN4O. The fourth-order valence-electron chi connectivity index (χ4n) is 2.50. The van der Waals surface area contributed by atoms with Crippen LogP contribution in [0.1, 0.15) is 38.3 Å². The molecule has 0 fully saturated rings.